The molecule has 462 valence electrons. The summed E-state index contributed by atoms with van der Waals surface area (Å²) in [5, 5.41) is 87.3. The van der Waals surface area contributed by atoms with Gasteiger partial charge in [-0.1, -0.05) is 249 Å². The Kier molecular flexibility index (Phi) is 46.7. The third-order valence-corrected chi connectivity index (χ3v) is 15.8. The van der Waals surface area contributed by atoms with Gasteiger partial charge in [0, 0.05) is 6.42 Å². The summed E-state index contributed by atoms with van der Waals surface area (Å²) in [6, 6.07) is -0.924. The predicted octanol–water partition coefficient (Wildman–Crippen LogP) is 12.0. The minimum atomic E-state index is -1.79. The van der Waals surface area contributed by atoms with Crippen molar-refractivity contribution in [2.45, 2.75) is 338 Å². The average Bonchev–Trinajstić information content (AvgIpc) is 3.47. The normalized spacial score (nSPS) is 24.7. The number of allylic oxidation sites excluding steroid dienone is 7. The number of carbonyl (C=O) groups excluding carboxylic acids is 1. The molecule has 12 atom stereocenters. The topological polar surface area (TPSA) is 228 Å². The summed E-state index contributed by atoms with van der Waals surface area (Å²) in [5.74, 6) is -0.250. The first-order valence-electron chi connectivity index (χ1n) is 32.4. The van der Waals surface area contributed by atoms with E-state index in [1.165, 1.54) is 167 Å². The number of aliphatic hydroxyl groups excluding tert-OH is 8. The summed E-state index contributed by atoms with van der Waals surface area (Å²) >= 11 is 0. The molecule has 9 N–H and O–H groups in total. The molecule has 2 saturated heterocycles. The number of hydrogen-bond donors (Lipinski definition) is 9. The van der Waals surface area contributed by atoms with E-state index in [1.807, 2.05) is 6.08 Å². The Balaban J connectivity index is 1.74. The highest BCUT2D eigenvalue weighted by Gasteiger charge is 2.51. The number of rotatable bonds is 52. The summed E-state index contributed by atoms with van der Waals surface area (Å²) in [6.07, 6.45) is 47.2. The number of nitrogens with one attached hydrogen (secondary N) is 1. The lowest BCUT2D eigenvalue weighted by Crippen LogP contribution is -2.65. The molecule has 0 bridgehead atoms. The van der Waals surface area contributed by atoms with E-state index < -0.39 is 86.8 Å². The smallest absolute Gasteiger partial charge is 0.220 e. The van der Waals surface area contributed by atoms with E-state index in [0.717, 1.165) is 70.6 Å². The molecular weight excluding hydrogens is 1000 g/mol. The van der Waals surface area contributed by atoms with Crippen LogP contribution in [0.15, 0.2) is 48.6 Å². The minimum Gasteiger partial charge on any atom is -0.394 e. The van der Waals surface area contributed by atoms with E-state index in [9.17, 15) is 45.6 Å². The SMILES string of the molecule is CCCCCCC/C=C\C/C=C\C/C=C\CCCCCCCCC(=O)NC(COC1OC(CO)C(OC2OC(CO)C(O)C(O)C2O)C(O)C1O)C(O)/C=C/CCCCCCCCCCCCCCCCCCCCCCCC. The molecule has 2 aliphatic heterocycles. The van der Waals surface area contributed by atoms with Gasteiger partial charge in [0.15, 0.2) is 12.6 Å². The molecule has 0 aromatic carbocycles. The van der Waals surface area contributed by atoms with Gasteiger partial charge in [0.05, 0.1) is 32.0 Å². The van der Waals surface area contributed by atoms with Crippen LogP contribution in [0.5, 0.6) is 0 Å². The molecular formula is C65H119NO13. The van der Waals surface area contributed by atoms with Crippen molar-refractivity contribution in [3.8, 4) is 0 Å². The van der Waals surface area contributed by atoms with E-state index in [-0.39, 0.29) is 18.9 Å². The number of amides is 1. The Morgan fingerprint density at radius 2 is 0.835 bits per heavy atom. The van der Waals surface area contributed by atoms with E-state index in [1.54, 1.807) is 6.08 Å². The Morgan fingerprint density at radius 1 is 0.456 bits per heavy atom. The standard InChI is InChI=1S/C65H119NO13/c1-3-5-7-9-11-13-15-17-19-21-23-25-26-27-29-30-32-34-36-38-40-42-44-46-48-54(69)53(52-76-64-62(75)60(73)63(56(51-68)78-64)79-65-61(74)59(72)58(71)55(50-67)77-65)66-57(70)49-47-45-43-41-39-37-35-33-31-28-24-22-20-18-16-14-12-10-8-6-4-2/h16,18,22,24,31,33,46,48,53-56,58-65,67-69,71-75H,3-15,17,19-21,23,25-30,32,34-45,47,49-52H2,1-2H3,(H,66,70)/b18-16-,24-22-,33-31-,48-46+. The molecule has 0 aromatic rings. The first-order valence-corrected chi connectivity index (χ1v) is 32.4. The van der Waals surface area contributed by atoms with Gasteiger partial charge < -0.3 is 65.1 Å². The van der Waals surface area contributed by atoms with E-state index >= 15 is 0 Å². The first kappa shape index (κ1) is 73.1. The van der Waals surface area contributed by atoms with Gasteiger partial charge >= 0.3 is 0 Å². The Hall–Kier alpha value is -2.05. The monoisotopic (exact) mass is 1120 g/mol. The third kappa shape index (κ3) is 35.6. The molecule has 14 nitrogen and oxygen atoms in total. The molecule has 12 unspecified atom stereocenters. The van der Waals surface area contributed by atoms with Crippen molar-refractivity contribution in [1.82, 2.24) is 5.32 Å². The quantitative estimate of drug-likeness (QED) is 0.0204. The van der Waals surface area contributed by atoms with Crippen LogP contribution in [0.3, 0.4) is 0 Å². The fourth-order valence-electron chi connectivity index (χ4n) is 10.5. The van der Waals surface area contributed by atoms with Gasteiger partial charge in [0.25, 0.3) is 0 Å². The van der Waals surface area contributed by atoms with Crippen molar-refractivity contribution in [3.63, 3.8) is 0 Å². The Labute approximate surface area is 480 Å². The van der Waals surface area contributed by atoms with Gasteiger partial charge in [-0.2, -0.15) is 0 Å². The summed E-state index contributed by atoms with van der Waals surface area (Å²) in [7, 11) is 0. The fourth-order valence-corrected chi connectivity index (χ4v) is 10.5. The lowest BCUT2D eigenvalue weighted by molar-refractivity contribution is -0.359. The first-order chi connectivity index (χ1) is 38.6. The van der Waals surface area contributed by atoms with Crippen molar-refractivity contribution in [3.05, 3.63) is 48.6 Å². The molecule has 0 radical (unpaired) electrons. The maximum absolute atomic E-state index is 13.3. The summed E-state index contributed by atoms with van der Waals surface area (Å²) < 4.78 is 22.8. The van der Waals surface area contributed by atoms with Crippen LogP contribution in [0.25, 0.3) is 0 Å². The maximum atomic E-state index is 13.3. The molecule has 14 heteroatoms. The van der Waals surface area contributed by atoms with Gasteiger partial charge in [-0.05, 0) is 57.8 Å². The summed E-state index contributed by atoms with van der Waals surface area (Å²) in [6.45, 7) is 2.80. The van der Waals surface area contributed by atoms with Gasteiger partial charge in [-0.15, -0.1) is 0 Å². The Morgan fingerprint density at radius 3 is 1.28 bits per heavy atom. The second-order valence-corrected chi connectivity index (χ2v) is 22.9. The van der Waals surface area contributed by atoms with E-state index in [0.29, 0.717) is 6.42 Å². The molecule has 2 rings (SSSR count). The van der Waals surface area contributed by atoms with Crippen LogP contribution in [0.1, 0.15) is 264 Å². The lowest BCUT2D eigenvalue weighted by Gasteiger charge is -2.46. The maximum Gasteiger partial charge on any atom is 0.220 e. The zero-order valence-electron chi connectivity index (χ0n) is 49.9. The molecule has 0 saturated carbocycles. The van der Waals surface area contributed by atoms with Crippen LogP contribution in [0, 0.1) is 0 Å². The molecule has 79 heavy (non-hydrogen) atoms. The summed E-state index contributed by atoms with van der Waals surface area (Å²) in [5.41, 5.74) is 0. The van der Waals surface area contributed by atoms with Crippen molar-refractivity contribution in [2.75, 3.05) is 19.8 Å². The zero-order valence-corrected chi connectivity index (χ0v) is 49.9. The zero-order chi connectivity index (χ0) is 57.4. The number of carbonyl (C=O) groups is 1. The molecule has 2 aliphatic rings. The predicted molar refractivity (Wildman–Crippen MR) is 318 cm³/mol. The number of unbranched alkanes of at least 4 members (excludes halogenated alkanes) is 33. The van der Waals surface area contributed by atoms with Crippen LogP contribution < -0.4 is 5.32 Å². The highest BCUT2D eigenvalue weighted by molar-refractivity contribution is 5.76. The third-order valence-electron chi connectivity index (χ3n) is 15.8. The van der Waals surface area contributed by atoms with E-state index in [2.05, 4.69) is 55.6 Å². The molecule has 0 spiro atoms. The summed E-state index contributed by atoms with van der Waals surface area (Å²) in [4.78, 5) is 13.3. The minimum absolute atomic E-state index is 0.250. The average molecular weight is 1120 g/mol. The molecule has 0 aromatic heterocycles. The van der Waals surface area contributed by atoms with Crippen LogP contribution in [-0.2, 0) is 23.7 Å². The van der Waals surface area contributed by atoms with Gasteiger partial charge in [0.1, 0.15) is 48.8 Å². The van der Waals surface area contributed by atoms with Crippen LogP contribution in [0.4, 0.5) is 0 Å². The second-order valence-electron chi connectivity index (χ2n) is 22.9. The number of hydrogen-bond acceptors (Lipinski definition) is 13. The molecule has 2 fully saturated rings. The van der Waals surface area contributed by atoms with Crippen molar-refractivity contribution >= 4 is 5.91 Å². The fraction of sp³-hybridized carbons (Fsp3) is 0.862. The highest BCUT2D eigenvalue weighted by Crippen LogP contribution is 2.30. The number of ether oxygens (including phenoxy) is 4. The van der Waals surface area contributed by atoms with Crippen LogP contribution in [0.2, 0.25) is 0 Å². The van der Waals surface area contributed by atoms with Gasteiger partial charge in [-0.25, -0.2) is 0 Å². The lowest BCUT2D eigenvalue weighted by atomic mass is 9.97. The van der Waals surface area contributed by atoms with Crippen molar-refractivity contribution in [2.24, 2.45) is 0 Å². The Bertz CT molecular complexity index is 1510. The van der Waals surface area contributed by atoms with Gasteiger partial charge in [0.2, 0.25) is 5.91 Å². The molecule has 1 amide bonds. The van der Waals surface area contributed by atoms with E-state index in [4.69, 9.17) is 18.9 Å². The highest BCUT2D eigenvalue weighted by atomic mass is 16.7. The molecule has 0 aliphatic carbocycles. The van der Waals surface area contributed by atoms with Crippen molar-refractivity contribution < 1.29 is 64.6 Å². The number of aliphatic hydroxyl groups is 8. The van der Waals surface area contributed by atoms with Gasteiger partial charge in [-0.3, -0.25) is 4.79 Å². The van der Waals surface area contributed by atoms with Crippen LogP contribution >= 0.6 is 0 Å². The van der Waals surface area contributed by atoms with Crippen molar-refractivity contribution in [1.29, 1.82) is 0 Å². The molecule has 2 heterocycles. The largest absolute Gasteiger partial charge is 0.394 e. The second kappa shape index (κ2) is 50.5. The van der Waals surface area contributed by atoms with Crippen LogP contribution in [-0.4, -0.2) is 140 Å².